The van der Waals surface area contributed by atoms with Crippen LogP contribution in [0, 0.1) is 5.41 Å². The summed E-state index contributed by atoms with van der Waals surface area (Å²) in [4.78, 5) is 24.9. The van der Waals surface area contributed by atoms with E-state index in [1.165, 1.54) is 4.90 Å². The molecule has 5 nitrogen and oxygen atoms in total. The third-order valence-corrected chi connectivity index (χ3v) is 2.52. The standard InChI is InChI=1S/C12H19NO4/c1-12(2,3)10(15)8-9(14)11(16)13-4-6-17-7-5-13/h8,14H,4-7H2,1-3H3. The second-order valence-electron chi connectivity index (χ2n) is 5.05. The Kier molecular flexibility index (Phi) is 4.28. The number of carbonyl (C=O) groups is 2. The summed E-state index contributed by atoms with van der Waals surface area (Å²) in [5, 5.41) is 9.61. The molecule has 1 saturated heterocycles. The van der Waals surface area contributed by atoms with Crippen LogP contribution in [0.3, 0.4) is 0 Å². The van der Waals surface area contributed by atoms with Gasteiger partial charge in [-0.25, -0.2) is 0 Å². The number of hydrogen-bond donors (Lipinski definition) is 1. The van der Waals surface area contributed by atoms with Crippen molar-refractivity contribution in [2.75, 3.05) is 26.3 Å². The van der Waals surface area contributed by atoms with Crippen LogP contribution in [-0.4, -0.2) is 48.0 Å². The van der Waals surface area contributed by atoms with Crippen molar-refractivity contribution in [1.82, 2.24) is 4.90 Å². The maximum absolute atomic E-state index is 11.8. The number of nitrogens with zero attached hydrogens (tertiary/aromatic N) is 1. The van der Waals surface area contributed by atoms with E-state index in [4.69, 9.17) is 4.74 Å². The molecule has 1 rings (SSSR count). The third-order valence-electron chi connectivity index (χ3n) is 2.52. The number of amides is 1. The molecule has 1 aliphatic heterocycles. The third kappa shape index (κ3) is 3.85. The van der Waals surface area contributed by atoms with Gasteiger partial charge in [-0.05, 0) is 0 Å². The second-order valence-corrected chi connectivity index (χ2v) is 5.05. The zero-order valence-corrected chi connectivity index (χ0v) is 10.5. The van der Waals surface area contributed by atoms with Crippen LogP contribution < -0.4 is 0 Å². The van der Waals surface area contributed by atoms with Crippen molar-refractivity contribution in [3.63, 3.8) is 0 Å². The molecule has 96 valence electrons. The number of rotatable bonds is 2. The maximum Gasteiger partial charge on any atom is 0.288 e. The largest absolute Gasteiger partial charge is 0.503 e. The van der Waals surface area contributed by atoms with Crippen LogP contribution in [0.25, 0.3) is 0 Å². The Hall–Kier alpha value is -1.36. The molecule has 0 aliphatic carbocycles. The fraction of sp³-hybridized carbons (Fsp3) is 0.667. The summed E-state index contributed by atoms with van der Waals surface area (Å²) in [5.74, 6) is -1.27. The molecule has 1 amide bonds. The number of aliphatic hydroxyl groups excluding tert-OH is 1. The Morgan fingerprint density at radius 3 is 2.24 bits per heavy atom. The molecule has 0 aromatic rings. The Morgan fingerprint density at radius 1 is 1.24 bits per heavy atom. The average molecular weight is 241 g/mol. The van der Waals surface area contributed by atoms with Crippen LogP contribution in [0.5, 0.6) is 0 Å². The highest BCUT2D eigenvalue weighted by Gasteiger charge is 2.24. The van der Waals surface area contributed by atoms with E-state index in [-0.39, 0.29) is 5.78 Å². The van der Waals surface area contributed by atoms with Gasteiger partial charge in [0.1, 0.15) is 0 Å². The van der Waals surface area contributed by atoms with E-state index < -0.39 is 17.1 Å². The van der Waals surface area contributed by atoms with Crippen LogP contribution >= 0.6 is 0 Å². The van der Waals surface area contributed by atoms with Gasteiger partial charge in [-0.3, -0.25) is 9.59 Å². The predicted molar refractivity (Wildman–Crippen MR) is 62.6 cm³/mol. The minimum Gasteiger partial charge on any atom is -0.503 e. The molecule has 0 bridgehead atoms. The van der Waals surface area contributed by atoms with E-state index in [0.29, 0.717) is 26.3 Å². The molecular formula is C12H19NO4. The van der Waals surface area contributed by atoms with Gasteiger partial charge < -0.3 is 14.7 Å². The van der Waals surface area contributed by atoms with E-state index in [9.17, 15) is 14.7 Å². The lowest BCUT2D eigenvalue weighted by Crippen LogP contribution is -2.41. The van der Waals surface area contributed by atoms with Gasteiger partial charge in [0.15, 0.2) is 11.5 Å². The highest BCUT2D eigenvalue weighted by molar-refractivity contribution is 6.02. The van der Waals surface area contributed by atoms with Crippen molar-refractivity contribution in [1.29, 1.82) is 0 Å². The molecule has 0 saturated carbocycles. The van der Waals surface area contributed by atoms with Gasteiger partial charge >= 0.3 is 0 Å². The lowest BCUT2D eigenvalue weighted by molar-refractivity contribution is -0.134. The predicted octanol–water partition coefficient (Wildman–Crippen LogP) is 0.902. The van der Waals surface area contributed by atoms with Gasteiger partial charge in [0.25, 0.3) is 5.91 Å². The normalized spacial score (nSPS) is 18.1. The molecule has 0 aromatic carbocycles. The molecule has 1 heterocycles. The van der Waals surface area contributed by atoms with Crippen LogP contribution in [0.15, 0.2) is 11.8 Å². The molecule has 1 fully saturated rings. The van der Waals surface area contributed by atoms with Crippen molar-refractivity contribution >= 4 is 11.7 Å². The Labute approximate surface area is 101 Å². The number of aliphatic hydroxyl groups is 1. The van der Waals surface area contributed by atoms with Gasteiger partial charge in [-0.2, -0.15) is 0 Å². The van der Waals surface area contributed by atoms with Crippen molar-refractivity contribution in [3.05, 3.63) is 11.8 Å². The summed E-state index contributed by atoms with van der Waals surface area (Å²) >= 11 is 0. The zero-order chi connectivity index (χ0) is 13.1. The molecule has 0 spiro atoms. The molecule has 1 aliphatic rings. The smallest absolute Gasteiger partial charge is 0.288 e. The zero-order valence-electron chi connectivity index (χ0n) is 10.5. The van der Waals surface area contributed by atoms with Crippen molar-refractivity contribution in [3.8, 4) is 0 Å². The van der Waals surface area contributed by atoms with Gasteiger partial charge in [-0.15, -0.1) is 0 Å². The van der Waals surface area contributed by atoms with E-state index >= 15 is 0 Å². The average Bonchev–Trinajstić information content (AvgIpc) is 2.27. The summed E-state index contributed by atoms with van der Waals surface area (Å²) in [6.45, 7) is 7.02. The van der Waals surface area contributed by atoms with Gasteiger partial charge in [0.05, 0.1) is 13.2 Å². The minimum absolute atomic E-state index is 0.267. The number of ketones is 1. The molecule has 0 radical (unpaired) electrons. The maximum atomic E-state index is 11.8. The van der Waals surface area contributed by atoms with Crippen LogP contribution in [0.2, 0.25) is 0 Å². The first-order valence-electron chi connectivity index (χ1n) is 5.64. The lowest BCUT2D eigenvalue weighted by Gasteiger charge is -2.26. The van der Waals surface area contributed by atoms with Gasteiger partial charge in [-0.1, -0.05) is 20.8 Å². The highest BCUT2D eigenvalue weighted by atomic mass is 16.5. The summed E-state index contributed by atoms with van der Waals surface area (Å²) in [6, 6.07) is 0. The molecule has 17 heavy (non-hydrogen) atoms. The molecular weight excluding hydrogens is 222 g/mol. The highest BCUT2D eigenvalue weighted by Crippen LogP contribution is 2.16. The number of allylic oxidation sites excluding steroid dienone is 1. The van der Waals surface area contributed by atoms with Crippen molar-refractivity contribution in [2.24, 2.45) is 5.41 Å². The topological polar surface area (TPSA) is 66.8 Å². The molecule has 0 aromatic heterocycles. The van der Waals surface area contributed by atoms with E-state index in [1.807, 2.05) is 0 Å². The Morgan fingerprint density at radius 2 is 1.76 bits per heavy atom. The first-order valence-corrected chi connectivity index (χ1v) is 5.64. The lowest BCUT2D eigenvalue weighted by atomic mass is 9.90. The van der Waals surface area contributed by atoms with Crippen molar-refractivity contribution in [2.45, 2.75) is 20.8 Å². The summed E-state index contributed by atoms with van der Waals surface area (Å²) in [6.07, 6.45) is 1.01. The van der Waals surface area contributed by atoms with Crippen LogP contribution in [-0.2, 0) is 14.3 Å². The molecule has 0 atom stereocenters. The number of carbonyl (C=O) groups excluding carboxylic acids is 2. The Bertz CT molecular complexity index is 335. The minimum atomic E-state index is -0.598. The summed E-state index contributed by atoms with van der Waals surface area (Å²) in [5.41, 5.74) is -0.598. The quantitative estimate of drug-likeness (QED) is 0.576. The monoisotopic (exact) mass is 241 g/mol. The summed E-state index contributed by atoms with van der Waals surface area (Å²) < 4.78 is 5.10. The van der Waals surface area contributed by atoms with Gasteiger partial charge in [0, 0.05) is 24.6 Å². The number of morpholine rings is 1. The van der Waals surface area contributed by atoms with Gasteiger partial charge in [0.2, 0.25) is 0 Å². The number of hydrogen-bond acceptors (Lipinski definition) is 4. The molecule has 5 heteroatoms. The summed E-state index contributed by atoms with van der Waals surface area (Å²) in [7, 11) is 0. The first kappa shape index (κ1) is 13.7. The van der Waals surface area contributed by atoms with E-state index in [0.717, 1.165) is 6.08 Å². The first-order chi connectivity index (χ1) is 7.82. The second kappa shape index (κ2) is 5.31. The van der Waals surface area contributed by atoms with E-state index in [1.54, 1.807) is 20.8 Å². The number of ether oxygens (including phenoxy) is 1. The van der Waals surface area contributed by atoms with E-state index in [2.05, 4.69) is 0 Å². The SMILES string of the molecule is CC(C)(C)C(=O)C=C(O)C(=O)N1CCOCC1. The fourth-order valence-corrected chi connectivity index (χ4v) is 1.33. The molecule has 1 N–H and O–H groups in total. The fourth-order valence-electron chi connectivity index (χ4n) is 1.33. The van der Waals surface area contributed by atoms with Crippen LogP contribution in [0.4, 0.5) is 0 Å². The van der Waals surface area contributed by atoms with Crippen LogP contribution in [0.1, 0.15) is 20.8 Å². The molecule has 0 unspecified atom stereocenters. The van der Waals surface area contributed by atoms with Crippen molar-refractivity contribution < 1.29 is 19.4 Å². The Balaban J connectivity index is 2.68.